The maximum absolute atomic E-state index is 11.8. The van der Waals surface area contributed by atoms with Gasteiger partial charge < -0.3 is 5.11 Å². The average molecular weight is 282 g/mol. The number of carboxylic acid groups (broad SMARTS) is 1. The second-order valence-corrected chi connectivity index (χ2v) is 6.67. The Morgan fingerprint density at radius 2 is 2.29 bits per heavy atom. The van der Waals surface area contributed by atoms with Crippen LogP contribution >= 0.6 is 11.8 Å². The zero-order valence-corrected chi connectivity index (χ0v) is 11.4. The van der Waals surface area contributed by atoms with Gasteiger partial charge >= 0.3 is 5.97 Å². The Balaban J connectivity index is 2.55. The molecule has 8 heteroatoms. The number of thioether (sulfide) groups is 1. The second-order valence-electron chi connectivity index (χ2n) is 3.93. The maximum Gasteiger partial charge on any atom is 0.307 e. The van der Waals surface area contributed by atoms with E-state index in [4.69, 9.17) is 5.11 Å². The Bertz CT molecular complexity index is 358. The Morgan fingerprint density at radius 3 is 2.88 bits per heavy atom. The van der Waals surface area contributed by atoms with Gasteiger partial charge in [-0.05, 0) is 19.1 Å². The van der Waals surface area contributed by atoms with Crippen LogP contribution in [0.2, 0.25) is 0 Å². The van der Waals surface area contributed by atoms with Crippen LogP contribution in [0.25, 0.3) is 0 Å². The third-order valence-corrected chi connectivity index (χ3v) is 4.86. The normalized spacial score (nSPS) is 22.5. The summed E-state index contributed by atoms with van der Waals surface area (Å²) in [5.74, 6) is -0.801. The van der Waals surface area contributed by atoms with Gasteiger partial charge in [0, 0.05) is 25.4 Å². The van der Waals surface area contributed by atoms with E-state index < -0.39 is 22.1 Å². The molecule has 0 aromatic heterocycles. The monoisotopic (exact) mass is 282 g/mol. The fourth-order valence-electron chi connectivity index (χ4n) is 1.73. The van der Waals surface area contributed by atoms with Crippen LogP contribution in [0.1, 0.15) is 12.8 Å². The first-order valence-corrected chi connectivity index (χ1v) is 8.27. The van der Waals surface area contributed by atoms with E-state index in [0.717, 1.165) is 0 Å². The topological polar surface area (TPSA) is 86.7 Å². The summed E-state index contributed by atoms with van der Waals surface area (Å²) >= 11 is 1.55. The summed E-state index contributed by atoms with van der Waals surface area (Å²) < 4.78 is 27.4. The van der Waals surface area contributed by atoms with Crippen LogP contribution in [0, 0.1) is 5.92 Å². The van der Waals surface area contributed by atoms with Gasteiger partial charge in [-0.2, -0.15) is 24.5 Å². The molecule has 6 nitrogen and oxygen atoms in total. The van der Waals surface area contributed by atoms with E-state index in [2.05, 4.69) is 4.72 Å². The van der Waals surface area contributed by atoms with Crippen molar-refractivity contribution in [3.63, 3.8) is 0 Å². The number of nitrogens with zero attached hydrogens (tertiary/aromatic N) is 1. The van der Waals surface area contributed by atoms with E-state index in [-0.39, 0.29) is 6.54 Å². The molecule has 1 unspecified atom stereocenters. The van der Waals surface area contributed by atoms with Gasteiger partial charge in [-0.15, -0.1) is 0 Å². The van der Waals surface area contributed by atoms with Gasteiger partial charge in [0.05, 0.1) is 5.92 Å². The Hall–Kier alpha value is -0.310. The van der Waals surface area contributed by atoms with Crippen molar-refractivity contribution < 1.29 is 18.3 Å². The zero-order chi connectivity index (χ0) is 12.9. The lowest BCUT2D eigenvalue weighted by molar-refractivity contribution is -0.142. The highest BCUT2D eigenvalue weighted by molar-refractivity contribution is 7.98. The lowest BCUT2D eigenvalue weighted by Gasteiger charge is -2.29. The quantitative estimate of drug-likeness (QED) is 0.669. The molecule has 100 valence electrons. The number of carboxylic acids is 1. The first-order chi connectivity index (χ1) is 7.97. The number of hydrogen-bond acceptors (Lipinski definition) is 4. The fourth-order valence-corrected chi connectivity index (χ4v) is 3.45. The SMILES string of the molecule is CSCCNS(=O)(=O)N1CCCC(C(=O)O)C1. The third kappa shape index (κ3) is 4.46. The van der Waals surface area contributed by atoms with Crippen LogP contribution < -0.4 is 4.72 Å². The number of hydrogen-bond donors (Lipinski definition) is 2. The van der Waals surface area contributed by atoms with E-state index >= 15 is 0 Å². The van der Waals surface area contributed by atoms with E-state index in [0.29, 0.717) is 31.7 Å². The standard InChI is InChI=1S/C9H18N2O4S2/c1-16-6-4-10-17(14,15)11-5-2-3-8(7-11)9(12)13/h8,10H,2-7H2,1H3,(H,12,13). The van der Waals surface area contributed by atoms with Gasteiger partial charge in [-0.1, -0.05) is 0 Å². The van der Waals surface area contributed by atoms with Gasteiger partial charge in [0.25, 0.3) is 10.2 Å². The van der Waals surface area contributed by atoms with E-state index in [1.807, 2.05) is 6.26 Å². The summed E-state index contributed by atoms with van der Waals surface area (Å²) in [6.07, 6.45) is 3.04. The van der Waals surface area contributed by atoms with Crippen molar-refractivity contribution >= 4 is 27.9 Å². The molecule has 0 saturated carbocycles. The minimum Gasteiger partial charge on any atom is -0.481 e. The maximum atomic E-state index is 11.8. The molecular formula is C9H18N2O4S2. The van der Waals surface area contributed by atoms with Crippen LogP contribution in [0.3, 0.4) is 0 Å². The number of aliphatic carboxylic acids is 1. The number of carbonyl (C=O) groups is 1. The van der Waals surface area contributed by atoms with Crippen LogP contribution in [0.5, 0.6) is 0 Å². The summed E-state index contributed by atoms with van der Waals surface area (Å²) in [6.45, 7) is 0.847. The predicted molar refractivity (Wildman–Crippen MR) is 67.2 cm³/mol. The van der Waals surface area contributed by atoms with Crippen LogP contribution in [-0.2, 0) is 15.0 Å². The molecule has 0 aromatic carbocycles. The Labute approximate surface area is 106 Å². The molecule has 1 saturated heterocycles. The van der Waals surface area contributed by atoms with Crippen molar-refractivity contribution in [2.75, 3.05) is 31.6 Å². The molecule has 1 fully saturated rings. The van der Waals surface area contributed by atoms with Gasteiger partial charge in [-0.3, -0.25) is 4.79 Å². The van der Waals surface area contributed by atoms with Gasteiger partial charge in [0.15, 0.2) is 0 Å². The minimum atomic E-state index is -3.52. The summed E-state index contributed by atoms with van der Waals surface area (Å²) in [7, 11) is -3.52. The van der Waals surface area contributed by atoms with E-state index in [9.17, 15) is 13.2 Å². The Morgan fingerprint density at radius 1 is 1.59 bits per heavy atom. The van der Waals surface area contributed by atoms with E-state index in [1.165, 1.54) is 4.31 Å². The summed E-state index contributed by atoms with van der Waals surface area (Å²) in [4.78, 5) is 10.8. The first-order valence-electron chi connectivity index (χ1n) is 5.44. The van der Waals surface area contributed by atoms with Crippen molar-refractivity contribution in [3.8, 4) is 0 Å². The summed E-state index contributed by atoms with van der Waals surface area (Å²) in [6, 6.07) is 0. The van der Waals surface area contributed by atoms with Gasteiger partial charge in [0.2, 0.25) is 0 Å². The molecule has 0 spiro atoms. The summed E-state index contributed by atoms with van der Waals surface area (Å²) in [5, 5.41) is 8.89. The molecule has 1 aliphatic rings. The molecule has 0 bridgehead atoms. The molecule has 0 aliphatic carbocycles. The molecule has 0 amide bonds. The second kappa shape index (κ2) is 6.58. The lowest BCUT2D eigenvalue weighted by Crippen LogP contribution is -2.47. The van der Waals surface area contributed by atoms with Crippen molar-refractivity contribution in [2.24, 2.45) is 5.92 Å². The zero-order valence-electron chi connectivity index (χ0n) is 9.76. The van der Waals surface area contributed by atoms with Crippen molar-refractivity contribution in [2.45, 2.75) is 12.8 Å². The van der Waals surface area contributed by atoms with Crippen LogP contribution in [0.15, 0.2) is 0 Å². The predicted octanol–water partition coefficient (Wildman–Crippen LogP) is -0.0196. The van der Waals surface area contributed by atoms with Crippen LogP contribution in [0.4, 0.5) is 0 Å². The molecule has 1 rings (SSSR count). The largest absolute Gasteiger partial charge is 0.481 e. The molecule has 0 radical (unpaired) electrons. The average Bonchev–Trinajstić information content (AvgIpc) is 2.29. The molecule has 17 heavy (non-hydrogen) atoms. The van der Waals surface area contributed by atoms with Crippen molar-refractivity contribution in [3.05, 3.63) is 0 Å². The molecule has 1 atom stereocenters. The highest BCUT2D eigenvalue weighted by atomic mass is 32.2. The molecule has 0 aromatic rings. The highest BCUT2D eigenvalue weighted by Gasteiger charge is 2.31. The third-order valence-electron chi connectivity index (χ3n) is 2.66. The fraction of sp³-hybridized carbons (Fsp3) is 0.889. The highest BCUT2D eigenvalue weighted by Crippen LogP contribution is 2.18. The minimum absolute atomic E-state index is 0.0733. The molecule has 1 aliphatic heterocycles. The van der Waals surface area contributed by atoms with Gasteiger partial charge in [0.1, 0.15) is 0 Å². The first kappa shape index (κ1) is 14.7. The van der Waals surface area contributed by atoms with Crippen molar-refractivity contribution in [1.82, 2.24) is 9.03 Å². The van der Waals surface area contributed by atoms with E-state index in [1.54, 1.807) is 11.8 Å². The number of nitrogens with one attached hydrogen (secondary N) is 1. The van der Waals surface area contributed by atoms with Crippen molar-refractivity contribution in [1.29, 1.82) is 0 Å². The van der Waals surface area contributed by atoms with Gasteiger partial charge in [-0.25, -0.2) is 4.72 Å². The lowest BCUT2D eigenvalue weighted by atomic mass is 10.0. The smallest absolute Gasteiger partial charge is 0.307 e. The van der Waals surface area contributed by atoms with Crippen LogP contribution in [-0.4, -0.2) is 55.4 Å². The molecule has 1 heterocycles. The Kier molecular flexibility index (Phi) is 5.71. The summed E-state index contributed by atoms with van der Waals surface area (Å²) in [5.41, 5.74) is 0. The molecule has 2 N–H and O–H groups in total. The number of rotatable bonds is 6. The molecular weight excluding hydrogens is 264 g/mol. The number of piperidine rings is 1.